The van der Waals surface area contributed by atoms with Crippen molar-refractivity contribution in [3.8, 4) is 0 Å². The first kappa shape index (κ1) is 26.0. The zero-order valence-electron chi connectivity index (χ0n) is 18.6. The molecule has 4 atom stereocenters. The molecule has 2 rings (SSSR count). The molecule has 2 N–H and O–H groups in total. The molecule has 0 aliphatic carbocycles. The van der Waals surface area contributed by atoms with Gasteiger partial charge in [-0.1, -0.05) is 0 Å². The number of rotatable bonds is 7. The van der Waals surface area contributed by atoms with Gasteiger partial charge in [0.25, 0.3) is 0 Å². The molecule has 1 heterocycles. The molecular formula is C21H26N2O9S. The van der Waals surface area contributed by atoms with E-state index in [9.17, 15) is 19.2 Å². The van der Waals surface area contributed by atoms with Crippen LogP contribution in [0, 0.1) is 0 Å². The fraction of sp³-hybridized carbons (Fsp3) is 0.476. The first-order valence-electron chi connectivity index (χ1n) is 10.1. The van der Waals surface area contributed by atoms with Crippen LogP contribution in [-0.4, -0.2) is 66.7 Å². The summed E-state index contributed by atoms with van der Waals surface area (Å²) in [6.07, 6.45) is -4.27. The Balaban J connectivity index is 2.12. The zero-order chi connectivity index (χ0) is 24.5. The molecule has 1 fully saturated rings. The SMILES string of the molecule is CCOC(=O)c1ccc(NC(=S)N[C@@H]2OC[C@H](OC(C)=O)[C@@H](OC(C)=O)[C@H]2OC(C)=O)cc1. The van der Waals surface area contributed by atoms with Crippen molar-refractivity contribution in [1.82, 2.24) is 5.32 Å². The molecule has 1 aromatic rings. The zero-order valence-corrected chi connectivity index (χ0v) is 19.4. The maximum Gasteiger partial charge on any atom is 0.338 e. The van der Waals surface area contributed by atoms with Crippen LogP contribution < -0.4 is 10.6 Å². The Bertz CT molecular complexity index is 890. The van der Waals surface area contributed by atoms with E-state index in [1.165, 1.54) is 20.8 Å². The third-order valence-electron chi connectivity index (χ3n) is 4.28. The molecule has 0 unspecified atom stereocenters. The normalized spacial score (nSPS) is 21.8. The molecule has 33 heavy (non-hydrogen) atoms. The minimum absolute atomic E-state index is 0.105. The van der Waals surface area contributed by atoms with Crippen molar-refractivity contribution < 1.29 is 42.9 Å². The fourth-order valence-corrected chi connectivity index (χ4v) is 3.30. The molecule has 0 spiro atoms. The molecule has 0 aromatic heterocycles. The van der Waals surface area contributed by atoms with E-state index in [4.69, 9.17) is 35.9 Å². The van der Waals surface area contributed by atoms with Crippen molar-refractivity contribution in [1.29, 1.82) is 0 Å². The number of esters is 4. The van der Waals surface area contributed by atoms with Gasteiger partial charge in [-0.2, -0.15) is 0 Å². The second-order valence-electron chi connectivity index (χ2n) is 6.95. The standard InChI is InChI=1S/C21H26N2O9S/c1-5-28-20(27)14-6-8-15(9-7-14)22-21(33)23-19-18(32-13(4)26)17(31-12(3)25)16(10-29-19)30-11(2)24/h6-9,16-19H,5,10H2,1-4H3,(H2,22,23,33)/t16-,17+,18+,19+/m0/s1. The first-order valence-corrected chi connectivity index (χ1v) is 10.5. The maximum atomic E-state index is 11.8. The number of anilines is 1. The Morgan fingerprint density at radius 2 is 1.55 bits per heavy atom. The summed E-state index contributed by atoms with van der Waals surface area (Å²) >= 11 is 5.31. The van der Waals surface area contributed by atoms with E-state index in [2.05, 4.69) is 10.6 Å². The van der Waals surface area contributed by atoms with Crippen LogP contribution in [0.4, 0.5) is 5.69 Å². The number of ether oxygens (including phenoxy) is 5. The fourth-order valence-electron chi connectivity index (χ4n) is 3.07. The smallest absolute Gasteiger partial charge is 0.338 e. The predicted molar refractivity (Wildman–Crippen MR) is 118 cm³/mol. The van der Waals surface area contributed by atoms with E-state index >= 15 is 0 Å². The summed E-state index contributed by atoms with van der Waals surface area (Å²) < 4.78 is 26.4. The highest BCUT2D eigenvalue weighted by atomic mass is 32.1. The van der Waals surface area contributed by atoms with Crippen molar-refractivity contribution in [3.63, 3.8) is 0 Å². The molecule has 0 saturated carbocycles. The van der Waals surface area contributed by atoms with Gasteiger partial charge in [-0.05, 0) is 43.4 Å². The molecule has 0 bridgehead atoms. The highest BCUT2D eigenvalue weighted by Gasteiger charge is 2.47. The van der Waals surface area contributed by atoms with Gasteiger partial charge in [0.2, 0.25) is 0 Å². The van der Waals surface area contributed by atoms with E-state index in [1.807, 2.05) is 0 Å². The summed E-state index contributed by atoms with van der Waals surface area (Å²) in [5, 5.41) is 5.88. The lowest BCUT2D eigenvalue weighted by Gasteiger charge is -2.40. The van der Waals surface area contributed by atoms with Crippen LogP contribution in [0.2, 0.25) is 0 Å². The second kappa shape index (κ2) is 12.1. The van der Waals surface area contributed by atoms with Gasteiger partial charge in [0.05, 0.1) is 18.8 Å². The number of carbonyl (C=O) groups is 4. The van der Waals surface area contributed by atoms with Gasteiger partial charge in [0.1, 0.15) is 0 Å². The third-order valence-corrected chi connectivity index (χ3v) is 4.50. The summed E-state index contributed by atoms with van der Waals surface area (Å²) in [4.78, 5) is 46.5. The lowest BCUT2D eigenvalue weighted by molar-refractivity contribution is -0.227. The second-order valence-corrected chi connectivity index (χ2v) is 7.35. The van der Waals surface area contributed by atoms with Gasteiger partial charge >= 0.3 is 23.9 Å². The van der Waals surface area contributed by atoms with Gasteiger partial charge < -0.3 is 34.3 Å². The quantitative estimate of drug-likeness (QED) is 0.329. The Labute approximate surface area is 196 Å². The minimum Gasteiger partial charge on any atom is -0.462 e. The molecule has 11 nitrogen and oxygen atoms in total. The summed E-state index contributed by atoms with van der Waals surface area (Å²) in [6, 6.07) is 6.40. The van der Waals surface area contributed by atoms with Crippen LogP contribution in [0.5, 0.6) is 0 Å². The highest BCUT2D eigenvalue weighted by Crippen LogP contribution is 2.23. The Kier molecular flexibility index (Phi) is 9.55. The van der Waals surface area contributed by atoms with Gasteiger partial charge in [0.15, 0.2) is 29.7 Å². The number of nitrogens with one attached hydrogen (secondary N) is 2. The van der Waals surface area contributed by atoms with Crippen LogP contribution in [0.15, 0.2) is 24.3 Å². The molecule has 180 valence electrons. The monoisotopic (exact) mass is 482 g/mol. The van der Waals surface area contributed by atoms with Gasteiger partial charge in [-0.25, -0.2) is 4.79 Å². The van der Waals surface area contributed by atoms with E-state index in [-0.39, 0.29) is 18.3 Å². The van der Waals surface area contributed by atoms with Crippen molar-refractivity contribution in [2.24, 2.45) is 0 Å². The topological polar surface area (TPSA) is 138 Å². The molecule has 0 radical (unpaired) electrons. The van der Waals surface area contributed by atoms with E-state index in [0.29, 0.717) is 11.3 Å². The lowest BCUT2D eigenvalue weighted by Crippen LogP contribution is -2.62. The largest absolute Gasteiger partial charge is 0.462 e. The maximum absolute atomic E-state index is 11.8. The highest BCUT2D eigenvalue weighted by molar-refractivity contribution is 7.80. The molecule has 0 amide bonds. The molecular weight excluding hydrogens is 456 g/mol. The van der Waals surface area contributed by atoms with Crippen molar-refractivity contribution >= 4 is 46.9 Å². The number of hydrogen-bond donors (Lipinski definition) is 2. The molecule has 1 saturated heterocycles. The third kappa shape index (κ3) is 7.99. The van der Waals surface area contributed by atoms with Crippen LogP contribution >= 0.6 is 12.2 Å². The molecule has 1 aromatic carbocycles. The lowest BCUT2D eigenvalue weighted by atomic mass is 10.0. The predicted octanol–water partition coefficient (Wildman–Crippen LogP) is 1.30. The first-order chi connectivity index (χ1) is 15.6. The van der Waals surface area contributed by atoms with Crippen molar-refractivity contribution in [2.45, 2.75) is 52.2 Å². The summed E-state index contributed by atoms with van der Waals surface area (Å²) in [6.45, 7) is 5.41. The summed E-state index contributed by atoms with van der Waals surface area (Å²) in [5.74, 6) is -2.37. The van der Waals surface area contributed by atoms with Crippen molar-refractivity contribution in [3.05, 3.63) is 29.8 Å². The van der Waals surface area contributed by atoms with Crippen molar-refractivity contribution in [2.75, 3.05) is 18.5 Å². The Morgan fingerprint density at radius 3 is 2.09 bits per heavy atom. The average molecular weight is 483 g/mol. The molecule has 12 heteroatoms. The number of carbonyl (C=O) groups excluding carboxylic acids is 4. The van der Waals surface area contributed by atoms with Crippen LogP contribution in [0.3, 0.4) is 0 Å². The van der Waals surface area contributed by atoms with E-state index < -0.39 is 48.4 Å². The van der Waals surface area contributed by atoms with E-state index in [1.54, 1.807) is 31.2 Å². The van der Waals surface area contributed by atoms with Gasteiger partial charge in [-0.3, -0.25) is 14.4 Å². The Hall–Kier alpha value is -3.25. The number of hydrogen-bond acceptors (Lipinski definition) is 10. The molecule has 1 aliphatic heterocycles. The minimum atomic E-state index is -1.16. The number of benzene rings is 1. The van der Waals surface area contributed by atoms with Crippen LogP contribution in [0.25, 0.3) is 0 Å². The summed E-state index contributed by atoms with van der Waals surface area (Å²) in [7, 11) is 0. The van der Waals surface area contributed by atoms with E-state index in [0.717, 1.165) is 0 Å². The van der Waals surface area contributed by atoms with Gasteiger partial charge in [-0.15, -0.1) is 0 Å². The van der Waals surface area contributed by atoms with Gasteiger partial charge in [0, 0.05) is 26.5 Å². The number of thiocarbonyl (C=S) groups is 1. The molecule has 1 aliphatic rings. The van der Waals surface area contributed by atoms with Crippen LogP contribution in [0.1, 0.15) is 38.1 Å². The average Bonchev–Trinajstić information content (AvgIpc) is 2.72. The van der Waals surface area contributed by atoms with Crippen LogP contribution in [-0.2, 0) is 38.1 Å². The Morgan fingerprint density at radius 1 is 0.970 bits per heavy atom. The summed E-state index contributed by atoms with van der Waals surface area (Å²) in [5.41, 5.74) is 0.947.